The Balaban J connectivity index is 0.000000472. The molecule has 0 bridgehead atoms. The van der Waals surface area contributed by atoms with Crippen LogP contribution in [0.1, 0.15) is 27.7 Å². The Hall–Kier alpha value is -1.26. The number of nitrogens with zero attached hydrogens (tertiary/aromatic N) is 1. The summed E-state index contributed by atoms with van der Waals surface area (Å²) in [6.07, 6.45) is 0. The minimum Gasteiger partial charge on any atom is -0.423 e. The Morgan fingerprint density at radius 1 is 1.18 bits per heavy atom. The molecule has 0 aliphatic rings. The monoisotopic (exact) mass is 318 g/mol. The van der Waals surface area contributed by atoms with Gasteiger partial charge in [-0.25, -0.2) is 4.98 Å². The number of pyridine rings is 1. The first-order valence-corrected chi connectivity index (χ1v) is 6.60. The third-order valence-corrected chi connectivity index (χ3v) is 3.05. The van der Waals surface area contributed by atoms with Crippen molar-refractivity contribution < 1.29 is 29.4 Å². The molecule has 7 nitrogen and oxygen atoms in total. The maximum absolute atomic E-state index is 13.0. The maximum Gasteiger partial charge on any atom is 0.493 e. The van der Waals surface area contributed by atoms with Gasteiger partial charge in [0.25, 0.3) is 0 Å². The van der Waals surface area contributed by atoms with E-state index in [0.717, 1.165) is 0 Å². The highest BCUT2D eigenvalue weighted by Crippen LogP contribution is 2.19. The number of halogens is 1. The molecule has 5 N–H and O–H groups in total. The molecule has 1 aromatic rings. The van der Waals surface area contributed by atoms with Crippen LogP contribution in [0.3, 0.4) is 0 Å². The molecular weight excluding hydrogens is 294 g/mol. The summed E-state index contributed by atoms with van der Waals surface area (Å²) in [6.45, 7) is 6.51. The van der Waals surface area contributed by atoms with Crippen molar-refractivity contribution in [2.75, 3.05) is 19.2 Å². The Morgan fingerprint density at radius 2 is 1.68 bits per heavy atom. The quantitative estimate of drug-likeness (QED) is 0.281. The van der Waals surface area contributed by atoms with Crippen LogP contribution in [0.25, 0.3) is 0 Å². The molecule has 0 fully saturated rings. The van der Waals surface area contributed by atoms with Crippen molar-refractivity contribution in [3.63, 3.8) is 0 Å². The Kier molecular flexibility index (Phi) is 7.92. The third kappa shape index (κ3) is 7.14. The van der Waals surface area contributed by atoms with Gasteiger partial charge in [-0.1, -0.05) is 6.07 Å². The normalized spacial score (nSPS) is 11.5. The van der Waals surface area contributed by atoms with Crippen LogP contribution in [0.4, 0.5) is 10.2 Å². The number of hydrogen-bond donors (Lipinski definition) is 5. The van der Waals surface area contributed by atoms with Crippen molar-refractivity contribution in [2.45, 2.75) is 38.9 Å². The van der Waals surface area contributed by atoms with E-state index in [9.17, 15) is 4.39 Å². The van der Waals surface area contributed by atoms with Gasteiger partial charge in [-0.15, -0.1) is 0 Å². The molecule has 9 heteroatoms. The predicted molar refractivity (Wildman–Crippen MR) is 82.1 cm³/mol. The fourth-order valence-corrected chi connectivity index (χ4v) is 0.882. The van der Waals surface area contributed by atoms with Crippen molar-refractivity contribution in [1.29, 1.82) is 0 Å². The second kappa shape index (κ2) is 8.40. The number of hydrogen-bond acceptors (Lipinski definition) is 7. The summed E-state index contributed by atoms with van der Waals surface area (Å²) in [5, 5.41) is 38.3. The van der Waals surface area contributed by atoms with Gasteiger partial charge in [-0.3, -0.25) is 0 Å². The van der Waals surface area contributed by atoms with E-state index in [1.165, 1.54) is 19.2 Å². The van der Waals surface area contributed by atoms with E-state index in [1.54, 1.807) is 27.7 Å². The van der Waals surface area contributed by atoms with Crippen molar-refractivity contribution in [1.82, 2.24) is 4.98 Å². The van der Waals surface area contributed by atoms with E-state index in [4.69, 9.17) is 25.0 Å². The molecule has 1 heterocycles. The average Bonchev–Trinajstić information content (AvgIpc) is 2.34. The number of aromatic nitrogens is 1. The molecule has 0 aliphatic heterocycles. The van der Waals surface area contributed by atoms with Crippen LogP contribution in [0.2, 0.25) is 0 Å². The average molecular weight is 318 g/mol. The van der Waals surface area contributed by atoms with E-state index in [1.807, 2.05) is 0 Å². The summed E-state index contributed by atoms with van der Waals surface area (Å²) in [5.74, 6) is -0.644. The highest BCUT2D eigenvalue weighted by Gasteiger charge is 2.31. The van der Waals surface area contributed by atoms with Gasteiger partial charge >= 0.3 is 7.12 Å². The molecule has 0 radical (unpaired) electrons. The smallest absolute Gasteiger partial charge is 0.423 e. The van der Waals surface area contributed by atoms with E-state index in [-0.39, 0.29) is 18.0 Å². The van der Waals surface area contributed by atoms with Gasteiger partial charge < -0.3 is 30.3 Å². The van der Waals surface area contributed by atoms with Crippen LogP contribution in [0.15, 0.2) is 12.1 Å². The molecule has 0 atom stereocenters. The second-order valence-corrected chi connectivity index (χ2v) is 5.68. The summed E-state index contributed by atoms with van der Waals surface area (Å²) < 4.78 is 17.7. The number of rotatable bonds is 5. The third-order valence-electron chi connectivity index (χ3n) is 3.05. The zero-order chi connectivity index (χ0) is 17.6. The zero-order valence-electron chi connectivity index (χ0n) is 13.5. The molecule has 1 aromatic heterocycles. The molecule has 126 valence electrons. The highest BCUT2D eigenvalue weighted by atomic mass is 19.1. The Bertz CT molecular complexity index is 449. The molecule has 0 saturated heterocycles. The van der Waals surface area contributed by atoms with E-state index in [0.29, 0.717) is 0 Å². The first-order valence-electron chi connectivity index (χ1n) is 6.60. The van der Waals surface area contributed by atoms with Gasteiger partial charge in [0.1, 0.15) is 12.5 Å². The maximum atomic E-state index is 13.0. The number of aliphatic hydroxyl groups is 2. The lowest BCUT2D eigenvalue weighted by Gasteiger charge is -2.31. The van der Waals surface area contributed by atoms with Crippen LogP contribution in [-0.4, -0.2) is 57.4 Å². The molecular formula is C13H24BFN2O5. The molecule has 0 unspecified atom stereocenters. The van der Waals surface area contributed by atoms with E-state index < -0.39 is 24.3 Å². The van der Waals surface area contributed by atoms with Crippen LogP contribution >= 0.6 is 0 Å². The van der Waals surface area contributed by atoms with Crippen LogP contribution in [0.5, 0.6) is 0 Å². The number of nitrogens with one attached hydrogen (secondary N) is 1. The number of methoxy groups -OCH3 is 1. The predicted octanol–water partition coefficient (Wildman–Crippen LogP) is -0.556. The summed E-state index contributed by atoms with van der Waals surface area (Å²) in [7, 11) is -0.367. The van der Waals surface area contributed by atoms with E-state index >= 15 is 0 Å². The molecule has 0 amide bonds. The van der Waals surface area contributed by atoms with Gasteiger partial charge in [0, 0.05) is 12.6 Å². The van der Waals surface area contributed by atoms with Crippen molar-refractivity contribution in [3.8, 4) is 0 Å². The van der Waals surface area contributed by atoms with Gasteiger partial charge in [0.15, 0.2) is 0 Å². The second-order valence-electron chi connectivity index (χ2n) is 5.68. The fraction of sp³-hybridized carbons (Fsp3) is 0.615. The molecule has 0 saturated carbocycles. The van der Waals surface area contributed by atoms with Gasteiger partial charge in [-0.2, -0.15) is 4.39 Å². The molecule has 0 aromatic carbocycles. The van der Waals surface area contributed by atoms with Crippen LogP contribution < -0.4 is 10.8 Å². The van der Waals surface area contributed by atoms with Gasteiger partial charge in [-0.05, 0) is 33.8 Å². The zero-order valence-corrected chi connectivity index (χ0v) is 13.5. The standard InChI is InChI=1S/C7H10BFN2O3.C6H14O2/c1-14-4-10-6-3-2-5(8(12)13)7(9)11-6;1-5(2,7)6(3,4)8/h2-3,12-13H,4H2,1H3,(H,10,11);7-8H,1-4H3. The highest BCUT2D eigenvalue weighted by molar-refractivity contribution is 6.58. The lowest BCUT2D eigenvalue weighted by Crippen LogP contribution is -2.44. The first kappa shape index (κ1) is 20.7. The summed E-state index contributed by atoms with van der Waals surface area (Å²) in [5.41, 5.74) is -2.27. The van der Waals surface area contributed by atoms with Crippen molar-refractivity contribution in [3.05, 3.63) is 18.1 Å². The Labute approximate surface area is 129 Å². The van der Waals surface area contributed by atoms with E-state index in [2.05, 4.69) is 10.3 Å². The molecule has 0 aliphatic carbocycles. The van der Waals surface area contributed by atoms with Crippen LogP contribution in [0, 0.1) is 5.95 Å². The molecule has 1 rings (SSSR count). The molecule has 22 heavy (non-hydrogen) atoms. The van der Waals surface area contributed by atoms with Crippen molar-refractivity contribution >= 4 is 18.4 Å². The minimum atomic E-state index is -1.85. The summed E-state index contributed by atoms with van der Waals surface area (Å²) in [4.78, 5) is 3.45. The minimum absolute atomic E-state index is 0.202. The topological polar surface area (TPSA) is 115 Å². The number of anilines is 1. The lowest BCUT2D eigenvalue weighted by atomic mass is 9.81. The van der Waals surface area contributed by atoms with Crippen LogP contribution in [-0.2, 0) is 4.74 Å². The van der Waals surface area contributed by atoms with Gasteiger partial charge in [0.05, 0.1) is 11.2 Å². The lowest BCUT2D eigenvalue weighted by molar-refractivity contribution is -0.107. The van der Waals surface area contributed by atoms with Crippen molar-refractivity contribution in [2.24, 2.45) is 0 Å². The fourth-order valence-electron chi connectivity index (χ4n) is 0.882. The summed E-state index contributed by atoms with van der Waals surface area (Å²) in [6, 6.07) is 2.67. The number of ether oxygens (including phenoxy) is 1. The first-order chi connectivity index (χ1) is 9.90. The largest absolute Gasteiger partial charge is 0.493 e. The Morgan fingerprint density at radius 3 is 2.00 bits per heavy atom. The molecule has 0 spiro atoms. The summed E-state index contributed by atoms with van der Waals surface area (Å²) >= 11 is 0. The van der Waals surface area contributed by atoms with Gasteiger partial charge in [0.2, 0.25) is 5.95 Å². The SMILES string of the molecule is CC(C)(O)C(C)(C)O.COCNc1ccc(B(O)O)c(F)n1.